The highest BCUT2D eigenvalue weighted by molar-refractivity contribution is 7.90. The van der Waals surface area contributed by atoms with Crippen LogP contribution in [0.15, 0.2) is 34.3 Å². The summed E-state index contributed by atoms with van der Waals surface area (Å²) in [7, 11) is -0.172. The Hall–Kier alpha value is -4.80. The summed E-state index contributed by atoms with van der Waals surface area (Å²) in [6, 6.07) is 7.04. The number of sulfonamides is 2. The van der Waals surface area contributed by atoms with Gasteiger partial charge in [-0.2, -0.15) is 18.6 Å². The Labute approximate surface area is 366 Å². The third-order valence-corrected chi connectivity index (χ3v) is 13.6. The predicted octanol–water partition coefficient (Wildman–Crippen LogP) is 5.71. The summed E-state index contributed by atoms with van der Waals surface area (Å²) in [6.45, 7) is 8.95. The lowest BCUT2D eigenvalue weighted by molar-refractivity contribution is 0.256. The number of aryl methyl sites for hydroxylation is 4. The van der Waals surface area contributed by atoms with Crippen LogP contribution in [0.4, 0.5) is 10.5 Å². The molecule has 2 aromatic heterocycles. The standard InChI is InChI=1S/C22H31N5O3S.C13H13NO.C9H18N4O2S/c1-14(2)27-17(13-26(3)4)12-20(24-27)31(29,30)25-22(28)23-21-18-9-5-7-15(18)11-16-8-6-10-19(16)21;14-8-15-13-11-5-1-3-9(11)7-10-4-2-6-12(10)13;1-7(2)13-8(6-12(3)4)5-9(11-13)16(10,14)15/h11-12,14H,5-10,13H2,1-4H3,(H2,23,25,28);7H,1-6H2;5,7H,6H2,1-4H3,(H2,10,14,15). The number of fused-ring (bicyclic) bond motifs is 4. The highest BCUT2D eigenvalue weighted by Gasteiger charge is 2.29. The molecule has 4 aliphatic carbocycles. The minimum Gasteiger partial charge on any atom is -0.387 e. The van der Waals surface area contributed by atoms with Crippen LogP contribution in [0.2, 0.25) is 0 Å². The van der Waals surface area contributed by atoms with E-state index in [2.05, 4.69) is 32.4 Å². The van der Waals surface area contributed by atoms with Crippen LogP contribution in [-0.2, 0) is 84.5 Å². The number of amides is 2. The fourth-order valence-corrected chi connectivity index (χ4v) is 10.5. The van der Waals surface area contributed by atoms with Gasteiger partial charge in [0.05, 0.1) is 11.4 Å². The summed E-state index contributed by atoms with van der Waals surface area (Å²) in [5, 5.41) is 24.7. The van der Waals surface area contributed by atoms with Crippen molar-refractivity contribution in [2.45, 2.75) is 140 Å². The van der Waals surface area contributed by atoms with Crippen molar-refractivity contribution in [1.29, 1.82) is 5.26 Å². The van der Waals surface area contributed by atoms with Gasteiger partial charge >= 0.3 is 6.03 Å². The molecule has 0 radical (unpaired) electrons. The number of rotatable bonds is 11. The number of carbonyl (C=O) groups excluding carboxylic acids is 1. The second-order valence-corrected chi connectivity index (χ2v) is 20.9. The van der Waals surface area contributed by atoms with E-state index < -0.39 is 26.1 Å². The molecule has 2 aromatic carbocycles. The van der Waals surface area contributed by atoms with Crippen LogP contribution in [-0.4, -0.2) is 80.4 Å². The quantitative estimate of drug-likeness (QED) is 0.155. The van der Waals surface area contributed by atoms with Crippen LogP contribution in [0.3, 0.4) is 0 Å². The number of carbonyl (C=O) groups is 1. The largest absolute Gasteiger partial charge is 0.387 e. The van der Waals surface area contributed by atoms with E-state index in [0.29, 0.717) is 13.1 Å². The minimum absolute atomic E-state index is 0.00206. The summed E-state index contributed by atoms with van der Waals surface area (Å²) in [5.41, 5.74) is 12.7. The molecule has 2 heterocycles. The van der Waals surface area contributed by atoms with Crippen molar-refractivity contribution < 1.29 is 26.4 Å². The molecule has 16 nitrogen and oxygen atoms in total. The average molecular weight is 891 g/mol. The lowest BCUT2D eigenvalue weighted by Gasteiger charge is -2.16. The van der Waals surface area contributed by atoms with Gasteiger partial charge in [-0.3, -0.25) is 9.36 Å². The molecular formula is C44H62N10O6S2. The van der Waals surface area contributed by atoms with Crippen LogP contribution in [0.25, 0.3) is 0 Å². The van der Waals surface area contributed by atoms with Gasteiger partial charge in [-0.25, -0.2) is 23.1 Å². The maximum absolute atomic E-state index is 12.9. The lowest BCUT2D eigenvalue weighted by atomic mass is 9.99. The van der Waals surface area contributed by atoms with E-state index >= 15 is 0 Å². The SMILES string of the molecule is CC(C)n1nc(S(=O)(=O)NC(=O)Nc2c3c(cc4c2CCC4)CCC3)cc1CN(C)C.CC(C)n1nc(S(N)(=O)=O)cc1CN(C)C.N#COc1c2c(cc3c1CCC3)CCC2. The van der Waals surface area contributed by atoms with Crippen molar-refractivity contribution in [3.05, 3.63) is 80.2 Å². The average Bonchev–Trinajstić information content (AvgIpc) is 4.02. The summed E-state index contributed by atoms with van der Waals surface area (Å²) >= 11 is 0. The monoisotopic (exact) mass is 890 g/mol. The Morgan fingerprint density at radius 3 is 1.52 bits per heavy atom. The molecule has 4 aliphatic rings. The number of primary sulfonamides is 1. The van der Waals surface area contributed by atoms with Gasteiger partial charge < -0.3 is 19.9 Å². The van der Waals surface area contributed by atoms with Crippen LogP contribution >= 0.6 is 0 Å². The Morgan fingerprint density at radius 1 is 0.710 bits per heavy atom. The van der Waals surface area contributed by atoms with Crippen LogP contribution in [0.5, 0.6) is 5.75 Å². The molecule has 0 atom stereocenters. The number of benzene rings is 2. The number of nitriles is 1. The molecule has 4 aromatic rings. The fourth-order valence-electron chi connectivity index (χ4n) is 9.08. The summed E-state index contributed by atoms with van der Waals surface area (Å²) in [6.07, 6.45) is 14.7. The smallest absolute Gasteiger partial charge is 0.333 e. The first-order valence-electron chi connectivity index (χ1n) is 21.5. The molecule has 336 valence electrons. The Balaban J connectivity index is 0.000000173. The van der Waals surface area contributed by atoms with Crippen LogP contribution in [0, 0.1) is 11.5 Å². The van der Waals surface area contributed by atoms with Gasteiger partial charge in [0.25, 0.3) is 26.3 Å². The van der Waals surface area contributed by atoms with E-state index in [-0.39, 0.29) is 22.1 Å². The topological polar surface area (TPSA) is 211 Å². The van der Waals surface area contributed by atoms with Crippen molar-refractivity contribution in [2.75, 3.05) is 33.5 Å². The van der Waals surface area contributed by atoms with Crippen molar-refractivity contribution in [2.24, 2.45) is 5.14 Å². The van der Waals surface area contributed by atoms with Crippen molar-refractivity contribution in [3.63, 3.8) is 0 Å². The third kappa shape index (κ3) is 10.7. The number of hydrogen-bond donors (Lipinski definition) is 3. The predicted molar refractivity (Wildman–Crippen MR) is 238 cm³/mol. The molecule has 62 heavy (non-hydrogen) atoms. The van der Waals surface area contributed by atoms with Crippen molar-refractivity contribution in [1.82, 2.24) is 34.1 Å². The number of nitrogens with zero attached hydrogens (tertiary/aromatic N) is 7. The maximum Gasteiger partial charge on any atom is 0.333 e. The Morgan fingerprint density at radius 2 is 1.11 bits per heavy atom. The number of hydrogen-bond acceptors (Lipinski definition) is 11. The van der Waals surface area contributed by atoms with Gasteiger partial charge in [0, 0.05) is 43.0 Å². The van der Waals surface area contributed by atoms with E-state index in [0.717, 1.165) is 98.2 Å². The summed E-state index contributed by atoms with van der Waals surface area (Å²) in [5.74, 6) is 0.903. The fraction of sp³-hybridized carbons (Fsp3) is 0.545. The molecule has 0 bridgehead atoms. The molecule has 18 heteroatoms. The number of urea groups is 1. The van der Waals surface area contributed by atoms with Crippen LogP contribution < -0.4 is 19.9 Å². The van der Waals surface area contributed by atoms with E-state index in [1.54, 1.807) is 9.36 Å². The Kier molecular flexibility index (Phi) is 14.5. The molecule has 8 rings (SSSR count). The van der Waals surface area contributed by atoms with Crippen molar-refractivity contribution >= 4 is 31.8 Å². The molecule has 4 N–H and O–H groups in total. The molecular weight excluding hydrogens is 829 g/mol. The first-order chi connectivity index (χ1) is 29.3. The highest BCUT2D eigenvalue weighted by atomic mass is 32.2. The second kappa shape index (κ2) is 19.3. The number of ether oxygens (including phenoxy) is 1. The Bertz CT molecular complexity index is 2500. The first-order valence-corrected chi connectivity index (χ1v) is 24.5. The van der Waals surface area contributed by atoms with Gasteiger partial charge in [0.15, 0.2) is 10.1 Å². The van der Waals surface area contributed by atoms with Gasteiger partial charge in [0.1, 0.15) is 5.75 Å². The zero-order valence-electron chi connectivity index (χ0n) is 37.3. The molecule has 0 aliphatic heterocycles. The number of aromatic nitrogens is 4. The lowest BCUT2D eigenvalue weighted by Crippen LogP contribution is -2.35. The van der Waals surface area contributed by atoms with Crippen LogP contribution in [0.1, 0.15) is 121 Å². The second-order valence-electron chi connectivity index (χ2n) is 17.7. The maximum atomic E-state index is 12.9. The normalized spacial score (nSPS) is 15.1. The van der Waals surface area contributed by atoms with Gasteiger partial charge in [-0.05, 0) is 177 Å². The van der Waals surface area contributed by atoms with E-state index in [4.69, 9.17) is 15.1 Å². The molecule has 2 amide bonds. The highest BCUT2D eigenvalue weighted by Crippen LogP contribution is 2.41. The zero-order chi connectivity index (χ0) is 45.1. The van der Waals surface area contributed by atoms with E-state index in [1.807, 2.05) is 71.9 Å². The van der Waals surface area contributed by atoms with Crippen molar-refractivity contribution in [3.8, 4) is 12.0 Å². The molecule has 0 unspecified atom stereocenters. The molecule has 0 saturated carbocycles. The number of nitrogens with one attached hydrogen (secondary N) is 2. The summed E-state index contributed by atoms with van der Waals surface area (Å²) < 4.78 is 58.9. The number of anilines is 1. The minimum atomic E-state index is -4.09. The van der Waals surface area contributed by atoms with Gasteiger partial charge in [-0.1, -0.05) is 12.1 Å². The van der Waals surface area contributed by atoms with Gasteiger partial charge in [0.2, 0.25) is 0 Å². The molecule has 0 spiro atoms. The number of nitrogens with two attached hydrogens (primary N) is 1. The van der Waals surface area contributed by atoms with E-state index in [9.17, 15) is 21.6 Å². The molecule has 0 saturated heterocycles. The van der Waals surface area contributed by atoms with Gasteiger partial charge in [-0.15, -0.1) is 5.26 Å². The van der Waals surface area contributed by atoms with E-state index in [1.165, 1.54) is 58.4 Å². The zero-order valence-corrected chi connectivity index (χ0v) is 39.0. The third-order valence-electron chi connectivity index (χ3n) is 11.6. The first kappa shape index (κ1) is 46.7. The summed E-state index contributed by atoms with van der Waals surface area (Å²) in [4.78, 5) is 16.7. The molecule has 0 fully saturated rings.